The van der Waals surface area contributed by atoms with E-state index in [4.69, 9.17) is 16.2 Å². The van der Waals surface area contributed by atoms with Crippen molar-refractivity contribution in [1.29, 1.82) is 0 Å². The van der Waals surface area contributed by atoms with E-state index in [1.165, 1.54) is 5.56 Å². The van der Waals surface area contributed by atoms with Gasteiger partial charge in [0.2, 0.25) is 0 Å². The summed E-state index contributed by atoms with van der Waals surface area (Å²) in [6.45, 7) is 1.52. The van der Waals surface area contributed by atoms with E-state index in [-0.39, 0.29) is 12.2 Å². The summed E-state index contributed by atoms with van der Waals surface area (Å²) in [5, 5.41) is 0. The third kappa shape index (κ3) is 4.62. The van der Waals surface area contributed by atoms with Crippen LogP contribution >= 0.6 is 0 Å². The Balaban J connectivity index is 1.97. The SMILES string of the molecule is NCCCCC(OC1CCN=C(N)C1)c1ccccc1. The number of aliphatic imine (C=N–C) groups is 1. The first-order valence-electron chi connectivity index (χ1n) is 7.49. The molecule has 0 saturated carbocycles. The molecule has 0 fully saturated rings. The predicted octanol–water partition coefficient (Wildman–Crippen LogP) is 2.39. The van der Waals surface area contributed by atoms with Crippen LogP contribution in [0.25, 0.3) is 0 Å². The van der Waals surface area contributed by atoms with E-state index in [2.05, 4.69) is 29.3 Å². The van der Waals surface area contributed by atoms with Crippen LogP contribution in [0.4, 0.5) is 0 Å². The number of unbranched alkanes of at least 4 members (excludes halogenated alkanes) is 1. The number of benzene rings is 1. The fraction of sp³-hybridized carbons (Fsp3) is 0.562. The Hall–Kier alpha value is -1.39. The molecule has 110 valence electrons. The second-order valence-electron chi connectivity index (χ2n) is 5.31. The van der Waals surface area contributed by atoms with Gasteiger partial charge in [0.05, 0.1) is 18.0 Å². The smallest absolute Gasteiger partial charge is 0.0963 e. The highest BCUT2D eigenvalue weighted by atomic mass is 16.5. The Morgan fingerprint density at radius 3 is 2.75 bits per heavy atom. The van der Waals surface area contributed by atoms with Crippen LogP contribution in [0.15, 0.2) is 35.3 Å². The Morgan fingerprint density at radius 2 is 2.05 bits per heavy atom. The number of nitrogens with two attached hydrogens (primary N) is 2. The highest BCUT2D eigenvalue weighted by Gasteiger charge is 2.21. The summed E-state index contributed by atoms with van der Waals surface area (Å²) in [5.74, 6) is 0.718. The minimum absolute atomic E-state index is 0.138. The Bertz CT molecular complexity index is 419. The monoisotopic (exact) mass is 275 g/mol. The van der Waals surface area contributed by atoms with Gasteiger partial charge in [0.25, 0.3) is 0 Å². The molecular formula is C16H25N3O. The van der Waals surface area contributed by atoms with Crippen molar-refractivity contribution in [3.05, 3.63) is 35.9 Å². The lowest BCUT2D eigenvalue weighted by molar-refractivity contribution is -0.0199. The topological polar surface area (TPSA) is 73.6 Å². The standard InChI is InChI=1S/C16H25N3O/c17-10-5-4-8-15(13-6-2-1-3-7-13)20-14-9-11-19-16(18)12-14/h1-3,6-7,14-15H,4-5,8-12,17H2,(H2,18,19). The normalized spacial score (nSPS) is 20.4. The van der Waals surface area contributed by atoms with Crippen LogP contribution in [0.5, 0.6) is 0 Å². The molecule has 1 aromatic rings. The molecule has 0 saturated heterocycles. The molecule has 0 aliphatic carbocycles. The maximum Gasteiger partial charge on any atom is 0.0963 e. The van der Waals surface area contributed by atoms with E-state index in [0.717, 1.165) is 51.0 Å². The molecule has 20 heavy (non-hydrogen) atoms. The number of nitrogens with zero attached hydrogens (tertiary/aromatic N) is 1. The first kappa shape index (κ1) is 15.0. The number of rotatable bonds is 7. The highest BCUT2D eigenvalue weighted by molar-refractivity contribution is 5.81. The highest BCUT2D eigenvalue weighted by Crippen LogP contribution is 2.27. The Labute approximate surface area is 121 Å². The number of hydrogen-bond acceptors (Lipinski definition) is 4. The molecule has 1 heterocycles. The summed E-state index contributed by atoms with van der Waals surface area (Å²) < 4.78 is 6.29. The van der Waals surface area contributed by atoms with Crippen LogP contribution in [0, 0.1) is 0 Å². The van der Waals surface area contributed by atoms with E-state index in [9.17, 15) is 0 Å². The zero-order chi connectivity index (χ0) is 14.2. The summed E-state index contributed by atoms with van der Waals surface area (Å²) in [4.78, 5) is 4.23. The minimum Gasteiger partial charge on any atom is -0.387 e. The first-order valence-corrected chi connectivity index (χ1v) is 7.49. The summed E-state index contributed by atoms with van der Waals surface area (Å²) in [6.07, 6.45) is 5.18. The zero-order valence-corrected chi connectivity index (χ0v) is 12.0. The molecule has 2 atom stereocenters. The summed E-state index contributed by atoms with van der Waals surface area (Å²) in [7, 11) is 0. The number of amidine groups is 1. The van der Waals surface area contributed by atoms with E-state index in [1.54, 1.807) is 0 Å². The van der Waals surface area contributed by atoms with E-state index < -0.39 is 0 Å². The second-order valence-corrected chi connectivity index (χ2v) is 5.31. The quantitative estimate of drug-likeness (QED) is 0.750. The van der Waals surface area contributed by atoms with Gasteiger partial charge in [0.15, 0.2) is 0 Å². The van der Waals surface area contributed by atoms with Crippen molar-refractivity contribution in [2.45, 2.75) is 44.3 Å². The molecule has 4 nitrogen and oxygen atoms in total. The van der Waals surface area contributed by atoms with Crippen LogP contribution in [0.3, 0.4) is 0 Å². The van der Waals surface area contributed by atoms with E-state index in [1.807, 2.05) is 6.07 Å². The van der Waals surface area contributed by atoms with Gasteiger partial charge in [-0.15, -0.1) is 0 Å². The lowest BCUT2D eigenvalue weighted by Crippen LogP contribution is -2.29. The number of hydrogen-bond donors (Lipinski definition) is 2. The van der Waals surface area contributed by atoms with Gasteiger partial charge in [-0.3, -0.25) is 4.99 Å². The van der Waals surface area contributed by atoms with Gasteiger partial charge in [0, 0.05) is 13.0 Å². The molecular weight excluding hydrogens is 250 g/mol. The molecule has 1 aliphatic rings. The molecule has 0 bridgehead atoms. The average molecular weight is 275 g/mol. The van der Waals surface area contributed by atoms with Crippen molar-refractivity contribution in [2.24, 2.45) is 16.5 Å². The third-order valence-corrected chi connectivity index (χ3v) is 3.65. The Kier molecular flexibility index (Phi) is 6.02. The van der Waals surface area contributed by atoms with Gasteiger partial charge in [-0.25, -0.2) is 0 Å². The molecule has 4 heteroatoms. The first-order chi connectivity index (χ1) is 9.79. The third-order valence-electron chi connectivity index (χ3n) is 3.65. The van der Waals surface area contributed by atoms with Gasteiger partial charge < -0.3 is 16.2 Å². The van der Waals surface area contributed by atoms with Crippen molar-refractivity contribution in [3.63, 3.8) is 0 Å². The van der Waals surface area contributed by atoms with Gasteiger partial charge >= 0.3 is 0 Å². The second kappa shape index (κ2) is 8.02. The van der Waals surface area contributed by atoms with Crippen molar-refractivity contribution < 1.29 is 4.74 Å². The summed E-state index contributed by atoms with van der Waals surface area (Å²) in [6, 6.07) is 10.4. The molecule has 0 amide bonds. The lowest BCUT2D eigenvalue weighted by atomic mass is 10.0. The van der Waals surface area contributed by atoms with E-state index >= 15 is 0 Å². The zero-order valence-electron chi connectivity index (χ0n) is 12.0. The summed E-state index contributed by atoms with van der Waals surface area (Å²) >= 11 is 0. The van der Waals surface area contributed by atoms with Crippen LogP contribution < -0.4 is 11.5 Å². The summed E-state index contributed by atoms with van der Waals surface area (Å²) in [5.41, 5.74) is 12.6. The lowest BCUT2D eigenvalue weighted by Gasteiger charge is -2.27. The van der Waals surface area contributed by atoms with Gasteiger partial charge in [-0.1, -0.05) is 30.3 Å². The molecule has 0 aromatic heterocycles. The maximum absolute atomic E-state index is 6.29. The van der Waals surface area contributed by atoms with Crippen LogP contribution in [0.2, 0.25) is 0 Å². The number of ether oxygens (including phenoxy) is 1. The fourth-order valence-electron chi connectivity index (χ4n) is 2.56. The Morgan fingerprint density at radius 1 is 1.25 bits per heavy atom. The molecule has 1 aliphatic heterocycles. The van der Waals surface area contributed by atoms with Crippen LogP contribution in [-0.4, -0.2) is 25.0 Å². The molecule has 0 radical (unpaired) electrons. The molecule has 0 spiro atoms. The van der Waals surface area contributed by atoms with Crippen molar-refractivity contribution in [3.8, 4) is 0 Å². The predicted molar refractivity (Wildman–Crippen MR) is 82.7 cm³/mol. The van der Waals surface area contributed by atoms with Crippen molar-refractivity contribution in [2.75, 3.05) is 13.1 Å². The van der Waals surface area contributed by atoms with E-state index in [0.29, 0.717) is 0 Å². The maximum atomic E-state index is 6.29. The average Bonchev–Trinajstić information content (AvgIpc) is 2.47. The van der Waals surface area contributed by atoms with Crippen molar-refractivity contribution >= 4 is 5.84 Å². The largest absolute Gasteiger partial charge is 0.387 e. The van der Waals surface area contributed by atoms with Gasteiger partial charge in [-0.05, 0) is 37.8 Å². The van der Waals surface area contributed by atoms with Crippen LogP contribution in [0.1, 0.15) is 43.8 Å². The van der Waals surface area contributed by atoms with Crippen LogP contribution in [-0.2, 0) is 4.74 Å². The minimum atomic E-state index is 0.138. The molecule has 2 rings (SSSR count). The molecule has 2 unspecified atom stereocenters. The fourth-order valence-corrected chi connectivity index (χ4v) is 2.56. The van der Waals surface area contributed by atoms with Gasteiger partial charge in [-0.2, -0.15) is 0 Å². The molecule has 1 aromatic carbocycles. The van der Waals surface area contributed by atoms with Crippen molar-refractivity contribution in [1.82, 2.24) is 0 Å². The molecule has 4 N–H and O–H groups in total. The van der Waals surface area contributed by atoms with Gasteiger partial charge in [0.1, 0.15) is 0 Å².